The zero-order valence-corrected chi connectivity index (χ0v) is 8.76. The van der Waals surface area contributed by atoms with Gasteiger partial charge in [-0.05, 0) is 0 Å². The molecule has 0 unspecified atom stereocenters. The van der Waals surface area contributed by atoms with Crippen molar-refractivity contribution in [3.05, 3.63) is 0 Å². The molecule has 0 heterocycles. The molecule has 2 amide bonds. The number of carbonyl (C=O) groups is 2. The Morgan fingerprint density at radius 1 is 0.857 bits per heavy atom. The Hall–Kier alpha value is -1.14. The van der Waals surface area contributed by atoms with Crippen molar-refractivity contribution in [1.29, 1.82) is 0 Å². The highest BCUT2D eigenvalue weighted by Gasteiger charge is 2.31. The summed E-state index contributed by atoms with van der Waals surface area (Å²) in [4.78, 5) is 24.5. The van der Waals surface area contributed by atoms with Gasteiger partial charge in [0.15, 0.2) is 12.2 Å². The quantitative estimate of drug-likeness (QED) is 0.551. The number of carbonyl (C=O) groups excluding carboxylic acids is 2. The van der Waals surface area contributed by atoms with Gasteiger partial charge in [-0.1, -0.05) is 0 Å². The van der Waals surface area contributed by atoms with Crippen molar-refractivity contribution in [2.45, 2.75) is 12.2 Å². The molecule has 0 spiro atoms. The molecule has 0 fully saturated rings. The number of likely N-dealkylation sites (N-methyl/N-ethyl adjacent to an activating group) is 2. The fourth-order valence-electron chi connectivity index (χ4n) is 0.799. The number of amides is 2. The minimum Gasteiger partial charge on any atom is -0.380 e. The maximum atomic E-state index is 11.2. The molecule has 0 saturated heterocycles. The molecule has 0 saturated carbocycles. The van der Waals surface area contributed by atoms with E-state index in [2.05, 4.69) is 0 Å². The van der Waals surface area contributed by atoms with Gasteiger partial charge in [0.25, 0.3) is 11.8 Å². The van der Waals surface area contributed by atoms with Crippen LogP contribution in [-0.4, -0.2) is 72.2 Å². The smallest absolute Gasteiger partial charge is 0.254 e. The predicted octanol–water partition coefficient (Wildman–Crippen LogP) is -2.12. The molecule has 0 aliphatic rings. The summed E-state index contributed by atoms with van der Waals surface area (Å²) >= 11 is 0. The number of aliphatic hydroxyl groups is 2. The molecular weight excluding hydrogens is 188 g/mol. The largest absolute Gasteiger partial charge is 0.380 e. The third kappa shape index (κ3) is 2.97. The lowest BCUT2D eigenvalue weighted by Crippen LogP contribution is -2.48. The maximum Gasteiger partial charge on any atom is 0.254 e. The highest BCUT2D eigenvalue weighted by atomic mass is 16.3. The van der Waals surface area contributed by atoms with Gasteiger partial charge in [0.2, 0.25) is 0 Å². The lowest BCUT2D eigenvalue weighted by Gasteiger charge is -2.22. The van der Waals surface area contributed by atoms with Gasteiger partial charge in [-0.25, -0.2) is 0 Å². The number of rotatable bonds is 3. The molecule has 6 nitrogen and oxygen atoms in total. The zero-order valence-electron chi connectivity index (χ0n) is 8.76. The summed E-state index contributed by atoms with van der Waals surface area (Å²) in [7, 11) is 5.72. The SMILES string of the molecule is CN(C)C(=O)[C@@H](O)[C@@H](O)C(=O)N(C)C. The van der Waals surface area contributed by atoms with E-state index >= 15 is 0 Å². The maximum absolute atomic E-state index is 11.2. The second-order valence-electron chi connectivity index (χ2n) is 3.36. The van der Waals surface area contributed by atoms with Gasteiger partial charge < -0.3 is 20.0 Å². The molecule has 2 atom stereocenters. The topological polar surface area (TPSA) is 81.1 Å². The summed E-state index contributed by atoms with van der Waals surface area (Å²) in [5.41, 5.74) is 0. The summed E-state index contributed by atoms with van der Waals surface area (Å²) in [6, 6.07) is 0. The molecule has 0 bridgehead atoms. The summed E-state index contributed by atoms with van der Waals surface area (Å²) in [6.07, 6.45) is -3.42. The van der Waals surface area contributed by atoms with Gasteiger partial charge in [-0.3, -0.25) is 9.59 Å². The molecule has 14 heavy (non-hydrogen) atoms. The first-order chi connectivity index (χ1) is 6.29. The normalized spacial score (nSPS) is 14.4. The molecule has 0 radical (unpaired) electrons. The Labute approximate surface area is 82.7 Å². The zero-order chi connectivity index (χ0) is 11.5. The molecule has 0 aliphatic heterocycles. The van der Waals surface area contributed by atoms with Gasteiger partial charge in [-0.2, -0.15) is 0 Å². The number of hydrogen-bond donors (Lipinski definition) is 2. The van der Waals surface area contributed by atoms with Crippen LogP contribution in [0.5, 0.6) is 0 Å². The van der Waals surface area contributed by atoms with Crippen LogP contribution >= 0.6 is 0 Å². The average Bonchev–Trinajstić information content (AvgIpc) is 2.12. The number of aliphatic hydroxyl groups excluding tert-OH is 2. The summed E-state index contributed by atoms with van der Waals surface area (Å²) in [5.74, 6) is -1.40. The molecular formula is C8H16N2O4. The van der Waals surface area contributed by atoms with E-state index < -0.39 is 24.0 Å². The van der Waals surface area contributed by atoms with Crippen molar-refractivity contribution in [2.24, 2.45) is 0 Å². The lowest BCUT2D eigenvalue weighted by molar-refractivity contribution is -0.155. The van der Waals surface area contributed by atoms with Crippen LogP contribution in [-0.2, 0) is 9.59 Å². The first kappa shape index (κ1) is 12.9. The van der Waals surface area contributed by atoms with E-state index in [0.717, 1.165) is 9.80 Å². The molecule has 2 N–H and O–H groups in total. The number of nitrogens with zero attached hydrogens (tertiary/aromatic N) is 2. The van der Waals surface area contributed by atoms with E-state index in [1.165, 1.54) is 28.2 Å². The first-order valence-electron chi connectivity index (χ1n) is 4.07. The minimum atomic E-state index is -1.71. The van der Waals surface area contributed by atoms with E-state index in [9.17, 15) is 19.8 Å². The van der Waals surface area contributed by atoms with Crippen LogP contribution in [0.2, 0.25) is 0 Å². The predicted molar refractivity (Wildman–Crippen MR) is 49.4 cm³/mol. The van der Waals surface area contributed by atoms with Crippen LogP contribution < -0.4 is 0 Å². The Bertz CT molecular complexity index is 203. The second-order valence-corrected chi connectivity index (χ2v) is 3.36. The van der Waals surface area contributed by atoms with Crippen LogP contribution in [0.1, 0.15) is 0 Å². The van der Waals surface area contributed by atoms with Crippen molar-refractivity contribution in [2.75, 3.05) is 28.2 Å². The summed E-state index contributed by atoms with van der Waals surface area (Å²) in [5, 5.41) is 18.6. The first-order valence-corrected chi connectivity index (χ1v) is 4.07. The van der Waals surface area contributed by atoms with Crippen LogP contribution in [0.4, 0.5) is 0 Å². The molecule has 0 aromatic carbocycles. The van der Waals surface area contributed by atoms with Crippen LogP contribution in [0, 0.1) is 0 Å². The van der Waals surface area contributed by atoms with Crippen molar-refractivity contribution in [3.63, 3.8) is 0 Å². The number of hydrogen-bond acceptors (Lipinski definition) is 4. The second kappa shape index (κ2) is 4.92. The van der Waals surface area contributed by atoms with Crippen molar-refractivity contribution >= 4 is 11.8 Å². The summed E-state index contributed by atoms with van der Waals surface area (Å²) in [6.45, 7) is 0. The minimum absolute atomic E-state index is 0.701. The fourth-order valence-corrected chi connectivity index (χ4v) is 0.799. The molecule has 0 aliphatic carbocycles. The van der Waals surface area contributed by atoms with E-state index in [-0.39, 0.29) is 0 Å². The lowest BCUT2D eigenvalue weighted by atomic mass is 10.1. The Morgan fingerprint density at radius 2 is 1.07 bits per heavy atom. The molecule has 6 heteroatoms. The molecule has 0 aromatic heterocycles. The third-order valence-electron chi connectivity index (χ3n) is 1.69. The average molecular weight is 204 g/mol. The fraction of sp³-hybridized carbons (Fsp3) is 0.750. The van der Waals surface area contributed by atoms with Gasteiger partial charge in [0.05, 0.1) is 0 Å². The van der Waals surface area contributed by atoms with Crippen LogP contribution in [0.15, 0.2) is 0 Å². The van der Waals surface area contributed by atoms with Crippen LogP contribution in [0.25, 0.3) is 0 Å². The Morgan fingerprint density at radius 3 is 1.21 bits per heavy atom. The van der Waals surface area contributed by atoms with E-state index in [1.807, 2.05) is 0 Å². The van der Waals surface area contributed by atoms with E-state index in [4.69, 9.17) is 0 Å². The molecule has 0 aromatic rings. The standard InChI is InChI=1S/C8H16N2O4/c1-9(2)7(13)5(11)6(12)8(14)10(3)4/h5-6,11-12H,1-4H3/t5-,6+. The Balaban J connectivity index is 4.46. The van der Waals surface area contributed by atoms with Gasteiger partial charge in [0, 0.05) is 28.2 Å². The molecule has 82 valence electrons. The highest BCUT2D eigenvalue weighted by Crippen LogP contribution is 2.00. The van der Waals surface area contributed by atoms with Gasteiger partial charge in [0.1, 0.15) is 0 Å². The van der Waals surface area contributed by atoms with Crippen molar-refractivity contribution in [1.82, 2.24) is 9.80 Å². The van der Waals surface area contributed by atoms with Crippen molar-refractivity contribution in [3.8, 4) is 0 Å². The van der Waals surface area contributed by atoms with Gasteiger partial charge >= 0.3 is 0 Å². The highest BCUT2D eigenvalue weighted by molar-refractivity contribution is 5.90. The third-order valence-corrected chi connectivity index (χ3v) is 1.69. The summed E-state index contributed by atoms with van der Waals surface area (Å²) < 4.78 is 0. The van der Waals surface area contributed by atoms with E-state index in [1.54, 1.807) is 0 Å². The monoisotopic (exact) mass is 204 g/mol. The Kier molecular flexibility index (Phi) is 4.52. The van der Waals surface area contributed by atoms with Gasteiger partial charge in [-0.15, -0.1) is 0 Å². The van der Waals surface area contributed by atoms with Crippen LogP contribution in [0.3, 0.4) is 0 Å². The van der Waals surface area contributed by atoms with E-state index in [0.29, 0.717) is 0 Å². The van der Waals surface area contributed by atoms with Crippen molar-refractivity contribution < 1.29 is 19.8 Å². The molecule has 0 rings (SSSR count).